The van der Waals surface area contributed by atoms with Gasteiger partial charge in [-0.15, -0.1) is 0 Å². The Balaban J connectivity index is 2.21. The number of H-pyrrole nitrogens is 1. The lowest BCUT2D eigenvalue weighted by atomic mass is 10.1. The Bertz CT molecular complexity index is 721. The van der Waals surface area contributed by atoms with Crippen molar-refractivity contribution in [2.45, 2.75) is 13.3 Å². The van der Waals surface area contributed by atoms with Gasteiger partial charge in [0.15, 0.2) is 0 Å². The Morgan fingerprint density at radius 2 is 2.11 bits per heavy atom. The van der Waals surface area contributed by atoms with E-state index in [1.54, 1.807) is 0 Å². The van der Waals surface area contributed by atoms with E-state index >= 15 is 0 Å². The van der Waals surface area contributed by atoms with Crippen molar-refractivity contribution in [3.63, 3.8) is 0 Å². The van der Waals surface area contributed by atoms with Crippen LogP contribution in [0.4, 0.5) is 0 Å². The van der Waals surface area contributed by atoms with E-state index in [0.717, 1.165) is 23.3 Å². The quantitative estimate of drug-likeness (QED) is 0.754. The number of nitrogens with two attached hydrogens (primary N) is 1. The summed E-state index contributed by atoms with van der Waals surface area (Å²) in [5.41, 5.74) is 11.4. The summed E-state index contributed by atoms with van der Waals surface area (Å²) >= 11 is 0. The van der Waals surface area contributed by atoms with Gasteiger partial charge in [-0.25, -0.2) is 0 Å². The summed E-state index contributed by atoms with van der Waals surface area (Å²) in [6.07, 6.45) is 0.815. The summed E-state index contributed by atoms with van der Waals surface area (Å²) < 4.78 is 1.94. The number of hydrogen-bond acceptors (Lipinski definition) is 2. The predicted molar refractivity (Wildman–Crippen MR) is 78.0 cm³/mol. The monoisotopic (exact) mass is 254 g/mol. The maximum Gasteiger partial charge on any atom is 0.0706 e. The molecule has 0 spiro atoms. The minimum Gasteiger partial charge on any atom is -0.358 e. The standard InChI is InChI=1S/C15H18N4/c1-10-15(12-5-3-4-6-13(12)17-10)14-9-11(7-8-16)18-19(14)2/h3-6,9,17H,7-8,16H2,1-2H3. The number of para-hydroxylation sites is 1. The first-order valence-electron chi connectivity index (χ1n) is 6.51. The molecule has 98 valence electrons. The molecule has 0 aliphatic carbocycles. The second-order valence-electron chi connectivity index (χ2n) is 4.85. The van der Waals surface area contributed by atoms with Crippen LogP contribution in [0.2, 0.25) is 0 Å². The number of nitrogens with zero attached hydrogens (tertiary/aromatic N) is 2. The fraction of sp³-hybridized carbons (Fsp3) is 0.267. The number of benzene rings is 1. The third-order valence-electron chi connectivity index (χ3n) is 3.48. The summed E-state index contributed by atoms with van der Waals surface area (Å²) in [7, 11) is 1.98. The van der Waals surface area contributed by atoms with Gasteiger partial charge in [-0.05, 0) is 25.6 Å². The van der Waals surface area contributed by atoms with Crippen molar-refractivity contribution >= 4 is 10.9 Å². The highest BCUT2D eigenvalue weighted by Gasteiger charge is 2.14. The molecule has 0 bridgehead atoms. The van der Waals surface area contributed by atoms with Crippen molar-refractivity contribution in [3.8, 4) is 11.3 Å². The van der Waals surface area contributed by atoms with Crippen LogP contribution in [0.1, 0.15) is 11.4 Å². The van der Waals surface area contributed by atoms with Gasteiger partial charge in [0.2, 0.25) is 0 Å². The van der Waals surface area contributed by atoms with Crippen LogP contribution in [0, 0.1) is 6.92 Å². The van der Waals surface area contributed by atoms with E-state index < -0.39 is 0 Å². The molecule has 3 rings (SSSR count). The molecule has 0 amide bonds. The maximum absolute atomic E-state index is 5.60. The first kappa shape index (κ1) is 12.0. The Labute approximate surface area is 112 Å². The topological polar surface area (TPSA) is 59.6 Å². The van der Waals surface area contributed by atoms with Crippen LogP contribution in [0.25, 0.3) is 22.2 Å². The number of hydrogen-bond donors (Lipinski definition) is 2. The molecule has 4 heteroatoms. The summed E-state index contributed by atoms with van der Waals surface area (Å²) in [6, 6.07) is 10.5. The van der Waals surface area contributed by atoms with Gasteiger partial charge in [-0.3, -0.25) is 4.68 Å². The number of fused-ring (bicyclic) bond motifs is 1. The molecule has 0 saturated heterocycles. The molecule has 2 heterocycles. The van der Waals surface area contributed by atoms with E-state index in [-0.39, 0.29) is 0 Å². The van der Waals surface area contributed by atoms with E-state index in [4.69, 9.17) is 5.73 Å². The van der Waals surface area contributed by atoms with Crippen molar-refractivity contribution in [2.24, 2.45) is 12.8 Å². The fourth-order valence-electron chi connectivity index (χ4n) is 2.64. The molecule has 0 atom stereocenters. The Hall–Kier alpha value is -2.07. The third-order valence-corrected chi connectivity index (χ3v) is 3.48. The molecule has 1 aromatic carbocycles. The largest absolute Gasteiger partial charge is 0.358 e. The molecular formula is C15H18N4. The molecule has 0 saturated carbocycles. The van der Waals surface area contributed by atoms with Crippen LogP contribution in [0.5, 0.6) is 0 Å². The van der Waals surface area contributed by atoms with Crippen molar-refractivity contribution in [1.82, 2.24) is 14.8 Å². The Morgan fingerprint density at radius 1 is 1.32 bits per heavy atom. The normalized spacial score (nSPS) is 11.3. The Kier molecular flexibility index (Phi) is 2.87. The number of aromatic amines is 1. The van der Waals surface area contributed by atoms with E-state index in [1.807, 2.05) is 17.8 Å². The van der Waals surface area contributed by atoms with Crippen LogP contribution in [0.3, 0.4) is 0 Å². The van der Waals surface area contributed by atoms with Crippen molar-refractivity contribution in [3.05, 3.63) is 41.7 Å². The zero-order valence-electron chi connectivity index (χ0n) is 11.3. The van der Waals surface area contributed by atoms with E-state index in [2.05, 4.69) is 41.3 Å². The zero-order chi connectivity index (χ0) is 13.4. The lowest BCUT2D eigenvalue weighted by Gasteiger charge is -2.01. The average Bonchev–Trinajstić information content (AvgIpc) is 2.89. The van der Waals surface area contributed by atoms with Crippen LogP contribution in [0.15, 0.2) is 30.3 Å². The molecule has 0 fully saturated rings. The third kappa shape index (κ3) is 1.94. The van der Waals surface area contributed by atoms with E-state index in [1.165, 1.54) is 16.6 Å². The van der Waals surface area contributed by atoms with E-state index in [0.29, 0.717) is 6.54 Å². The number of aryl methyl sites for hydroxylation is 2. The number of nitrogens with one attached hydrogen (secondary N) is 1. The minimum absolute atomic E-state index is 0.628. The highest BCUT2D eigenvalue weighted by Crippen LogP contribution is 2.32. The van der Waals surface area contributed by atoms with Gasteiger partial charge < -0.3 is 10.7 Å². The van der Waals surface area contributed by atoms with Gasteiger partial charge in [0.05, 0.1) is 11.4 Å². The molecule has 0 aliphatic heterocycles. The minimum atomic E-state index is 0.628. The van der Waals surface area contributed by atoms with E-state index in [9.17, 15) is 0 Å². The molecule has 4 nitrogen and oxygen atoms in total. The summed E-state index contributed by atoms with van der Waals surface area (Å²) in [5, 5.41) is 5.77. The zero-order valence-corrected chi connectivity index (χ0v) is 11.3. The smallest absolute Gasteiger partial charge is 0.0706 e. The van der Waals surface area contributed by atoms with Crippen LogP contribution in [-0.4, -0.2) is 21.3 Å². The van der Waals surface area contributed by atoms with Gasteiger partial charge in [-0.2, -0.15) is 5.10 Å². The van der Waals surface area contributed by atoms with Gasteiger partial charge in [0.25, 0.3) is 0 Å². The average molecular weight is 254 g/mol. The van der Waals surface area contributed by atoms with Gasteiger partial charge in [0, 0.05) is 35.6 Å². The van der Waals surface area contributed by atoms with Gasteiger partial charge >= 0.3 is 0 Å². The van der Waals surface area contributed by atoms with Gasteiger partial charge in [-0.1, -0.05) is 18.2 Å². The fourth-order valence-corrected chi connectivity index (χ4v) is 2.64. The first-order valence-corrected chi connectivity index (χ1v) is 6.51. The molecule has 0 unspecified atom stereocenters. The lowest BCUT2D eigenvalue weighted by Crippen LogP contribution is -2.03. The van der Waals surface area contributed by atoms with Crippen LogP contribution in [-0.2, 0) is 13.5 Å². The van der Waals surface area contributed by atoms with Gasteiger partial charge in [0.1, 0.15) is 0 Å². The second kappa shape index (κ2) is 4.55. The first-order chi connectivity index (χ1) is 9.20. The number of rotatable bonds is 3. The number of aromatic nitrogens is 3. The highest BCUT2D eigenvalue weighted by atomic mass is 15.3. The molecule has 3 N–H and O–H groups in total. The summed E-state index contributed by atoms with van der Waals surface area (Å²) in [6.45, 7) is 2.73. The molecular weight excluding hydrogens is 236 g/mol. The van der Waals surface area contributed by atoms with Crippen molar-refractivity contribution in [1.29, 1.82) is 0 Å². The SMILES string of the molecule is Cc1[nH]c2ccccc2c1-c1cc(CCN)nn1C. The molecule has 0 aliphatic rings. The van der Waals surface area contributed by atoms with Crippen LogP contribution >= 0.6 is 0 Å². The molecule has 3 aromatic rings. The van der Waals surface area contributed by atoms with Crippen LogP contribution < -0.4 is 5.73 Å². The molecule has 2 aromatic heterocycles. The molecule has 19 heavy (non-hydrogen) atoms. The summed E-state index contributed by atoms with van der Waals surface area (Å²) in [4.78, 5) is 3.43. The Morgan fingerprint density at radius 3 is 2.89 bits per heavy atom. The summed E-state index contributed by atoms with van der Waals surface area (Å²) in [5.74, 6) is 0. The van der Waals surface area contributed by atoms with Crippen molar-refractivity contribution < 1.29 is 0 Å². The predicted octanol–water partition coefficient (Wildman–Crippen LogP) is 2.38. The lowest BCUT2D eigenvalue weighted by molar-refractivity contribution is 0.745. The molecule has 0 radical (unpaired) electrons. The maximum atomic E-state index is 5.60. The second-order valence-corrected chi connectivity index (χ2v) is 4.85. The highest BCUT2D eigenvalue weighted by molar-refractivity contribution is 5.96. The van der Waals surface area contributed by atoms with Crippen molar-refractivity contribution in [2.75, 3.05) is 6.54 Å².